The quantitative estimate of drug-likeness (QED) is 0.168. The predicted octanol–water partition coefficient (Wildman–Crippen LogP) is 2.22. The second kappa shape index (κ2) is 14.4. The van der Waals surface area contributed by atoms with Crippen molar-refractivity contribution in [3.63, 3.8) is 0 Å². The van der Waals surface area contributed by atoms with Crippen molar-refractivity contribution in [3.05, 3.63) is 11.6 Å². The molecule has 8 rings (SSSR count). The Kier molecular flexibility index (Phi) is 10.7. The largest absolute Gasteiger partial charge is 0.397 e. The van der Waals surface area contributed by atoms with E-state index >= 15 is 0 Å². The van der Waals surface area contributed by atoms with Gasteiger partial charge in [0.15, 0.2) is 18.4 Å². The first-order valence-corrected chi connectivity index (χ1v) is 21.8. The van der Waals surface area contributed by atoms with Gasteiger partial charge in [-0.05, 0) is 87.4 Å². The monoisotopic (exact) mass is 802 g/mol. The fourth-order valence-electron chi connectivity index (χ4n) is 12.9. The Morgan fingerprint density at radius 1 is 0.818 bits per heavy atom. The van der Waals surface area contributed by atoms with Crippen LogP contribution in [0.2, 0.25) is 0 Å². The Bertz CT molecular complexity index is 1570. The summed E-state index contributed by atoms with van der Waals surface area (Å²) in [5.74, 6) is 1.63. The van der Waals surface area contributed by atoms with Crippen molar-refractivity contribution < 1.29 is 71.1 Å². The summed E-state index contributed by atoms with van der Waals surface area (Å²) in [6.45, 7) is 12.9. The molecule has 16 heteroatoms. The van der Waals surface area contributed by atoms with Gasteiger partial charge in [-0.2, -0.15) is 8.42 Å². The van der Waals surface area contributed by atoms with E-state index in [2.05, 4.69) is 33.8 Å². The van der Waals surface area contributed by atoms with E-state index in [0.717, 1.165) is 50.7 Å². The van der Waals surface area contributed by atoms with Crippen LogP contribution in [0, 0.1) is 46.3 Å². The zero-order valence-corrected chi connectivity index (χ0v) is 33.5. The van der Waals surface area contributed by atoms with E-state index in [1.54, 1.807) is 0 Å². The van der Waals surface area contributed by atoms with Crippen LogP contribution in [0.3, 0.4) is 0 Å². The van der Waals surface area contributed by atoms with Crippen molar-refractivity contribution in [2.75, 3.05) is 6.61 Å². The van der Waals surface area contributed by atoms with Gasteiger partial charge in [-0.25, -0.2) is 4.18 Å². The van der Waals surface area contributed by atoms with E-state index < -0.39 is 95.2 Å². The van der Waals surface area contributed by atoms with Gasteiger partial charge in [0.25, 0.3) is 0 Å². The summed E-state index contributed by atoms with van der Waals surface area (Å²) in [7, 11) is -5.05. The van der Waals surface area contributed by atoms with Crippen molar-refractivity contribution in [1.29, 1.82) is 0 Å². The molecule has 4 aliphatic heterocycles. The minimum absolute atomic E-state index is 0.0660. The summed E-state index contributed by atoms with van der Waals surface area (Å²) >= 11 is 0. The van der Waals surface area contributed by atoms with Crippen molar-refractivity contribution in [2.24, 2.45) is 46.3 Å². The Hall–Kier alpha value is -0.830. The number of ether oxygens (including phenoxy) is 6. The summed E-state index contributed by atoms with van der Waals surface area (Å²) in [6, 6.07) is 0. The van der Waals surface area contributed by atoms with E-state index in [9.17, 15) is 38.5 Å². The number of hydrogen-bond acceptors (Lipinski definition) is 14. The number of allylic oxidation sites excluding steroid dienone is 1. The van der Waals surface area contributed by atoms with Crippen LogP contribution in [0.15, 0.2) is 11.6 Å². The molecule has 4 aliphatic carbocycles. The highest BCUT2D eigenvalue weighted by Crippen LogP contribution is 2.71. The third kappa shape index (κ3) is 6.70. The standard InChI is InChI=1S/C39H62O15S/c1-17-9-12-39(48-16-17)18(2)28-26(53-39)15-25-23-8-7-21-13-22(40)14-27(38(21,6)24(23)10-11-37(25,28)5)51-36-34(32(44)33(20(4)50-36)54-55(45,46)47)52-35-31(43)30(42)29(41)19(3)49-35/h7,17-20,22-36,40-44H,8-16H2,1-6H3,(H,45,46,47). The van der Waals surface area contributed by atoms with Gasteiger partial charge in [0.05, 0.1) is 37.1 Å². The molecule has 314 valence electrons. The van der Waals surface area contributed by atoms with Crippen LogP contribution in [-0.4, -0.2) is 131 Å². The highest BCUT2D eigenvalue weighted by Gasteiger charge is 2.69. The molecule has 22 unspecified atom stereocenters. The predicted molar refractivity (Wildman–Crippen MR) is 192 cm³/mol. The molecule has 3 saturated carbocycles. The van der Waals surface area contributed by atoms with Crippen LogP contribution in [-0.2, 0) is 43.0 Å². The Morgan fingerprint density at radius 2 is 1.55 bits per heavy atom. The minimum atomic E-state index is -5.05. The van der Waals surface area contributed by atoms with Crippen molar-refractivity contribution in [2.45, 2.75) is 178 Å². The van der Waals surface area contributed by atoms with Crippen LogP contribution < -0.4 is 0 Å². The van der Waals surface area contributed by atoms with Gasteiger partial charge in [-0.3, -0.25) is 4.55 Å². The zero-order chi connectivity index (χ0) is 39.6. The Morgan fingerprint density at radius 3 is 2.24 bits per heavy atom. The molecule has 6 N–H and O–H groups in total. The van der Waals surface area contributed by atoms with E-state index in [0.29, 0.717) is 30.1 Å². The van der Waals surface area contributed by atoms with Crippen molar-refractivity contribution in [1.82, 2.24) is 0 Å². The zero-order valence-electron chi connectivity index (χ0n) is 32.7. The molecule has 1 spiro atoms. The number of fused-ring (bicyclic) bond motifs is 7. The lowest BCUT2D eigenvalue weighted by Gasteiger charge is -2.60. The lowest BCUT2D eigenvalue weighted by Crippen LogP contribution is -2.65. The molecule has 15 nitrogen and oxygen atoms in total. The lowest BCUT2D eigenvalue weighted by molar-refractivity contribution is -0.370. The summed E-state index contributed by atoms with van der Waals surface area (Å²) < 4.78 is 76.3. The van der Waals surface area contributed by atoms with Crippen molar-refractivity contribution >= 4 is 10.4 Å². The number of aliphatic hydroxyl groups excluding tert-OH is 5. The van der Waals surface area contributed by atoms with Gasteiger partial charge in [-0.1, -0.05) is 39.3 Å². The first-order chi connectivity index (χ1) is 25.8. The second-order valence-electron chi connectivity index (χ2n) is 18.8. The third-order valence-electron chi connectivity index (χ3n) is 15.8. The summed E-state index contributed by atoms with van der Waals surface area (Å²) in [5.41, 5.74) is 0.632. The first kappa shape index (κ1) is 40.9. The number of hydrogen-bond donors (Lipinski definition) is 6. The maximum atomic E-state index is 11.8. The summed E-state index contributed by atoms with van der Waals surface area (Å²) in [6.07, 6.45) is -7.23. The molecule has 0 aromatic rings. The van der Waals surface area contributed by atoms with E-state index in [4.69, 9.17) is 32.6 Å². The molecule has 0 aromatic carbocycles. The van der Waals surface area contributed by atoms with Gasteiger partial charge in [0.2, 0.25) is 0 Å². The minimum Gasteiger partial charge on any atom is -0.393 e. The second-order valence-corrected chi connectivity index (χ2v) is 19.9. The molecule has 4 saturated heterocycles. The summed E-state index contributed by atoms with van der Waals surface area (Å²) in [5, 5.41) is 54.5. The van der Waals surface area contributed by atoms with Crippen LogP contribution >= 0.6 is 0 Å². The average molecular weight is 803 g/mol. The third-order valence-corrected chi connectivity index (χ3v) is 16.3. The van der Waals surface area contributed by atoms with Crippen LogP contribution in [0.1, 0.15) is 92.9 Å². The maximum Gasteiger partial charge on any atom is 0.397 e. The average Bonchev–Trinajstić information content (AvgIpc) is 3.56. The topological polar surface area (TPSA) is 220 Å². The molecule has 0 bridgehead atoms. The molecule has 22 atom stereocenters. The van der Waals surface area contributed by atoms with Crippen LogP contribution in [0.5, 0.6) is 0 Å². The molecule has 0 aromatic heterocycles. The molecular weight excluding hydrogens is 740 g/mol. The highest BCUT2D eigenvalue weighted by molar-refractivity contribution is 7.80. The van der Waals surface area contributed by atoms with Gasteiger partial charge < -0.3 is 54.0 Å². The molecule has 4 heterocycles. The lowest BCUT2D eigenvalue weighted by atomic mass is 9.46. The highest BCUT2D eigenvalue weighted by atomic mass is 32.3. The smallest absolute Gasteiger partial charge is 0.393 e. The normalized spacial score (nSPS) is 56.7. The van der Waals surface area contributed by atoms with E-state index in [1.165, 1.54) is 13.8 Å². The Balaban J connectivity index is 1.07. The molecule has 8 aliphatic rings. The van der Waals surface area contributed by atoms with E-state index in [1.807, 2.05) is 0 Å². The van der Waals surface area contributed by atoms with Crippen LogP contribution in [0.4, 0.5) is 0 Å². The molecule has 7 fully saturated rings. The van der Waals surface area contributed by atoms with Gasteiger partial charge in [0, 0.05) is 24.2 Å². The Labute approximate surface area is 323 Å². The first-order valence-electron chi connectivity index (χ1n) is 20.5. The number of rotatable bonds is 6. The van der Waals surface area contributed by atoms with Gasteiger partial charge >= 0.3 is 10.4 Å². The van der Waals surface area contributed by atoms with Crippen LogP contribution in [0.25, 0.3) is 0 Å². The number of aliphatic hydroxyl groups is 5. The molecule has 0 amide bonds. The van der Waals surface area contributed by atoms with Gasteiger partial charge in [0.1, 0.15) is 36.6 Å². The van der Waals surface area contributed by atoms with Crippen molar-refractivity contribution in [3.8, 4) is 0 Å². The summed E-state index contributed by atoms with van der Waals surface area (Å²) in [4.78, 5) is 0. The molecule has 0 radical (unpaired) electrons. The fraction of sp³-hybridized carbons (Fsp3) is 0.949. The van der Waals surface area contributed by atoms with E-state index in [-0.39, 0.29) is 29.8 Å². The molecule has 55 heavy (non-hydrogen) atoms. The SMILES string of the molecule is CC1CCC2(OC1)OC1CC3C4CC=C5CC(O)CC(OC6OC(C)C(OS(=O)(=O)O)C(O)C6OC6OC(C)C(O)C(O)C6O)C5(C)C4CCC3(C)C1C2C. The molecular formula is C39H62O15S. The fourth-order valence-corrected chi connectivity index (χ4v) is 13.4. The van der Waals surface area contributed by atoms with Gasteiger partial charge in [-0.15, -0.1) is 0 Å². The maximum absolute atomic E-state index is 11.8.